The van der Waals surface area contributed by atoms with Gasteiger partial charge in [0.05, 0.1) is 13.2 Å². The number of nitrogens with zero attached hydrogens (tertiary/aromatic N) is 2. The summed E-state index contributed by atoms with van der Waals surface area (Å²) in [5.41, 5.74) is 1.02. The molecule has 0 saturated heterocycles. The maximum atomic E-state index is 12.3. The molecule has 0 aromatic heterocycles. The van der Waals surface area contributed by atoms with Crippen LogP contribution in [0.1, 0.15) is 24.8 Å². The number of carbonyl (C=O) groups excluding carboxylic acids is 1. The molecular weight excluding hydrogens is 288 g/mol. The molecule has 1 aliphatic rings. The third kappa shape index (κ3) is 4.70. The van der Waals surface area contributed by atoms with E-state index in [0.29, 0.717) is 30.7 Å². The quantitative estimate of drug-likeness (QED) is 0.839. The number of aliphatic hydroxyl groups excluding tert-OH is 1. The lowest BCUT2D eigenvalue weighted by Gasteiger charge is -2.37. The van der Waals surface area contributed by atoms with Crippen molar-refractivity contribution in [3.63, 3.8) is 0 Å². The molecule has 0 aliphatic heterocycles. The Kier molecular flexibility index (Phi) is 6.03. The Hall–Kier alpha value is -1.10. The summed E-state index contributed by atoms with van der Waals surface area (Å²) in [5.74, 6) is 0.0790. The maximum absolute atomic E-state index is 12.3. The molecule has 2 rings (SSSR count). The molecule has 0 bridgehead atoms. The van der Waals surface area contributed by atoms with E-state index >= 15 is 0 Å². The number of benzene rings is 1. The maximum Gasteiger partial charge on any atom is 0.236 e. The van der Waals surface area contributed by atoms with Gasteiger partial charge in [0.2, 0.25) is 5.91 Å². The topological polar surface area (TPSA) is 43.8 Å². The summed E-state index contributed by atoms with van der Waals surface area (Å²) in [7, 11) is 1.81. The van der Waals surface area contributed by atoms with Gasteiger partial charge in [0, 0.05) is 31.2 Å². The van der Waals surface area contributed by atoms with Gasteiger partial charge in [0.1, 0.15) is 0 Å². The van der Waals surface area contributed by atoms with Gasteiger partial charge in [-0.3, -0.25) is 9.69 Å². The molecule has 1 amide bonds. The van der Waals surface area contributed by atoms with Crippen molar-refractivity contribution in [2.45, 2.75) is 31.8 Å². The summed E-state index contributed by atoms with van der Waals surface area (Å²) >= 11 is 5.96. The highest BCUT2D eigenvalue weighted by atomic mass is 35.5. The second kappa shape index (κ2) is 7.78. The van der Waals surface area contributed by atoms with Crippen LogP contribution in [-0.2, 0) is 11.3 Å². The summed E-state index contributed by atoms with van der Waals surface area (Å²) in [5, 5.41) is 9.83. The van der Waals surface area contributed by atoms with Crippen LogP contribution in [0.15, 0.2) is 24.3 Å². The van der Waals surface area contributed by atoms with Crippen LogP contribution in [0.2, 0.25) is 5.02 Å². The molecular formula is C16H23ClN2O2. The molecule has 21 heavy (non-hydrogen) atoms. The average Bonchev–Trinajstić information content (AvgIpc) is 2.36. The van der Waals surface area contributed by atoms with E-state index in [1.165, 1.54) is 6.42 Å². The molecule has 1 saturated carbocycles. The van der Waals surface area contributed by atoms with Crippen molar-refractivity contribution in [3.05, 3.63) is 34.9 Å². The Balaban J connectivity index is 1.88. The molecule has 1 aliphatic carbocycles. The monoisotopic (exact) mass is 310 g/mol. The fourth-order valence-electron chi connectivity index (χ4n) is 2.56. The van der Waals surface area contributed by atoms with Crippen LogP contribution in [0.25, 0.3) is 0 Å². The van der Waals surface area contributed by atoms with Crippen molar-refractivity contribution in [1.82, 2.24) is 9.80 Å². The van der Waals surface area contributed by atoms with Crippen LogP contribution in [0.3, 0.4) is 0 Å². The van der Waals surface area contributed by atoms with Gasteiger partial charge in [0.15, 0.2) is 0 Å². The highest BCUT2D eigenvalue weighted by Gasteiger charge is 2.26. The minimum Gasteiger partial charge on any atom is -0.395 e. The molecule has 0 atom stereocenters. The molecule has 5 heteroatoms. The van der Waals surface area contributed by atoms with Gasteiger partial charge < -0.3 is 10.0 Å². The molecule has 1 fully saturated rings. The van der Waals surface area contributed by atoms with Crippen molar-refractivity contribution in [1.29, 1.82) is 0 Å². The van der Waals surface area contributed by atoms with E-state index in [4.69, 9.17) is 16.7 Å². The molecule has 0 heterocycles. The second-order valence-corrected chi connectivity index (χ2v) is 6.09. The van der Waals surface area contributed by atoms with Gasteiger partial charge in [-0.25, -0.2) is 0 Å². The fraction of sp³-hybridized carbons (Fsp3) is 0.562. The van der Waals surface area contributed by atoms with Crippen molar-refractivity contribution in [2.75, 3.05) is 26.7 Å². The summed E-state index contributed by atoms with van der Waals surface area (Å²) in [6.07, 6.45) is 3.48. The molecule has 0 unspecified atom stereocenters. The van der Waals surface area contributed by atoms with Crippen LogP contribution in [0.4, 0.5) is 0 Å². The van der Waals surface area contributed by atoms with Crippen LogP contribution in [0.5, 0.6) is 0 Å². The highest BCUT2D eigenvalue weighted by molar-refractivity contribution is 6.30. The number of hydrogen-bond acceptors (Lipinski definition) is 3. The standard InChI is InChI=1S/C16H23ClN2O2/c1-18(11-13-4-2-5-14(17)10-13)16(21)12-19(8-9-20)15-6-3-7-15/h2,4-5,10,15,20H,3,6-9,11-12H2,1H3. The average molecular weight is 311 g/mol. The first-order valence-corrected chi connectivity index (χ1v) is 7.81. The van der Waals surface area contributed by atoms with Crippen molar-refractivity contribution in [3.8, 4) is 0 Å². The van der Waals surface area contributed by atoms with Crippen LogP contribution >= 0.6 is 11.6 Å². The van der Waals surface area contributed by atoms with Crippen molar-refractivity contribution in [2.24, 2.45) is 0 Å². The van der Waals surface area contributed by atoms with Crippen molar-refractivity contribution >= 4 is 17.5 Å². The molecule has 4 nitrogen and oxygen atoms in total. The van der Waals surface area contributed by atoms with Crippen molar-refractivity contribution < 1.29 is 9.90 Å². The first kappa shape index (κ1) is 16.3. The minimum atomic E-state index is 0.0790. The first-order chi connectivity index (χ1) is 10.1. The molecule has 1 aromatic rings. The lowest BCUT2D eigenvalue weighted by molar-refractivity contribution is -0.132. The summed E-state index contributed by atoms with van der Waals surface area (Å²) in [6.45, 7) is 1.60. The van der Waals surface area contributed by atoms with Gasteiger partial charge in [-0.05, 0) is 30.5 Å². The first-order valence-electron chi connectivity index (χ1n) is 7.43. The van der Waals surface area contributed by atoms with Crippen LogP contribution in [-0.4, -0.2) is 53.6 Å². The van der Waals surface area contributed by atoms with Crippen LogP contribution in [0, 0.1) is 0 Å². The van der Waals surface area contributed by atoms with E-state index in [1.807, 2.05) is 24.3 Å². The van der Waals surface area contributed by atoms with E-state index in [2.05, 4.69) is 4.90 Å². The third-order valence-electron chi connectivity index (χ3n) is 4.05. The third-order valence-corrected chi connectivity index (χ3v) is 4.29. The van der Waals surface area contributed by atoms with Gasteiger partial charge in [0.25, 0.3) is 0 Å². The predicted octanol–water partition coefficient (Wildman–Crippen LogP) is 2.15. The SMILES string of the molecule is CN(Cc1cccc(Cl)c1)C(=O)CN(CCO)C1CCC1. The van der Waals surface area contributed by atoms with E-state index in [9.17, 15) is 4.79 Å². The number of hydrogen-bond donors (Lipinski definition) is 1. The number of rotatable bonds is 7. The fourth-order valence-corrected chi connectivity index (χ4v) is 2.78. The van der Waals surface area contributed by atoms with E-state index < -0.39 is 0 Å². The summed E-state index contributed by atoms with van der Waals surface area (Å²) in [4.78, 5) is 16.1. The zero-order valence-electron chi connectivity index (χ0n) is 12.5. The lowest BCUT2D eigenvalue weighted by atomic mass is 9.91. The Labute approximate surface area is 131 Å². The van der Waals surface area contributed by atoms with Gasteiger partial charge in [-0.2, -0.15) is 0 Å². The molecule has 116 valence electrons. The highest BCUT2D eigenvalue weighted by Crippen LogP contribution is 2.24. The normalized spacial score (nSPS) is 15.0. The zero-order chi connectivity index (χ0) is 15.2. The minimum absolute atomic E-state index is 0.0790. The molecule has 1 N–H and O–H groups in total. The van der Waals surface area contributed by atoms with Gasteiger partial charge >= 0.3 is 0 Å². The number of amides is 1. The summed E-state index contributed by atoms with van der Waals surface area (Å²) in [6, 6.07) is 8.02. The largest absolute Gasteiger partial charge is 0.395 e. The van der Waals surface area contributed by atoms with E-state index in [0.717, 1.165) is 18.4 Å². The number of halogens is 1. The lowest BCUT2D eigenvalue weighted by Crippen LogP contribution is -2.47. The summed E-state index contributed by atoms with van der Waals surface area (Å²) < 4.78 is 0. The Bertz CT molecular complexity index is 477. The Morgan fingerprint density at radius 3 is 2.76 bits per heavy atom. The number of likely N-dealkylation sites (N-methyl/N-ethyl adjacent to an activating group) is 1. The van der Waals surface area contributed by atoms with Gasteiger partial charge in [-0.15, -0.1) is 0 Å². The number of carbonyl (C=O) groups is 1. The Morgan fingerprint density at radius 2 is 2.19 bits per heavy atom. The molecule has 0 spiro atoms. The molecule has 0 radical (unpaired) electrons. The zero-order valence-corrected chi connectivity index (χ0v) is 13.2. The van der Waals surface area contributed by atoms with E-state index in [-0.39, 0.29) is 12.5 Å². The van der Waals surface area contributed by atoms with Crippen LogP contribution < -0.4 is 0 Å². The van der Waals surface area contributed by atoms with E-state index in [1.54, 1.807) is 11.9 Å². The second-order valence-electron chi connectivity index (χ2n) is 5.66. The predicted molar refractivity (Wildman–Crippen MR) is 84.2 cm³/mol. The van der Waals surface area contributed by atoms with Gasteiger partial charge in [-0.1, -0.05) is 30.2 Å². The Morgan fingerprint density at radius 1 is 1.43 bits per heavy atom. The number of aliphatic hydroxyl groups is 1. The smallest absolute Gasteiger partial charge is 0.236 e. The molecule has 1 aromatic carbocycles.